The fraction of sp³-hybridized carbons (Fsp3) is 0.545. The number of aromatic amines is 1. The summed E-state index contributed by atoms with van der Waals surface area (Å²) in [5.74, 6) is 0.647. The molecule has 0 saturated carbocycles. The van der Waals surface area contributed by atoms with Crippen LogP contribution in [-0.2, 0) is 21.2 Å². The van der Waals surface area contributed by atoms with Crippen LogP contribution in [0.3, 0.4) is 0 Å². The third-order valence-electron chi connectivity index (χ3n) is 2.12. The zero-order chi connectivity index (χ0) is 13.6. The molecule has 0 aromatic carbocycles. The van der Waals surface area contributed by atoms with Crippen LogP contribution in [0, 0.1) is 0 Å². The highest BCUT2D eigenvalue weighted by Crippen LogP contribution is 2.05. The minimum absolute atomic E-state index is 0.0826. The summed E-state index contributed by atoms with van der Waals surface area (Å²) in [6.07, 6.45) is 1.98. The monoisotopic (exact) mass is 273 g/mol. The molecule has 0 aliphatic carbocycles. The Kier molecular flexibility index (Phi) is 5.52. The highest BCUT2D eigenvalue weighted by atomic mass is 32.2. The molecule has 18 heavy (non-hydrogen) atoms. The molecule has 7 heteroatoms. The van der Waals surface area contributed by atoms with Crippen molar-refractivity contribution >= 4 is 10.0 Å². The van der Waals surface area contributed by atoms with E-state index in [9.17, 15) is 8.42 Å². The smallest absolute Gasteiger partial charge is 0.257 e. The van der Waals surface area contributed by atoms with Gasteiger partial charge in [0.05, 0.1) is 19.4 Å². The topological polar surface area (TPSA) is 84.1 Å². The number of aromatic nitrogens is 2. The van der Waals surface area contributed by atoms with Gasteiger partial charge in [0.25, 0.3) is 10.0 Å². The summed E-state index contributed by atoms with van der Waals surface area (Å²) in [7, 11) is -3.52. The predicted octanol–water partition coefficient (Wildman–Crippen LogP) is 0.843. The standard InChI is InChI=1S/C11H19N3O3S/c1-4-10-12-7-11(14-10)18(15,16)13-5-6-17-8-9(2)3/h7,13H,2,4-6,8H2,1,3H3,(H,12,14). The Morgan fingerprint density at radius 2 is 2.33 bits per heavy atom. The molecule has 102 valence electrons. The molecule has 0 radical (unpaired) electrons. The van der Waals surface area contributed by atoms with Crippen LogP contribution < -0.4 is 4.72 Å². The largest absolute Gasteiger partial charge is 0.376 e. The lowest BCUT2D eigenvalue weighted by Gasteiger charge is -2.05. The lowest BCUT2D eigenvalue weighted by Crippen LogP contribution is -2.28. The Morgan fingerprint density at radius 3 is 2.89 bits per heavy atom. The first-order chi connectivity index (χ1) is 8.45. The van der Waals surface area contributed by atoms with E-state index >= 15 is 0 Å². The molecule has 0 bridgehead atoms. The van der Waals surface area contributed by atoms with Crippen LogP contribution >= 0.6 is 0 Å². The molecule has 1 aromatic heterocycles. The van der Waals surface area contributed by atoms with Gasteiger partial charge in [0, 0.05) is 13.0 Å². The Morgan fingerprint density at radius 1 is 1.61 bits per heavy atom. The second-order valence-electron chi connectivity index (χ2n) is 3.96. The van der Waals surface area contributed by atoms with Crippen molar-refractivity contribution in [3.8, 4) is 0 Å². The van der Waals surface area contributed by atoms with Crippen LogP contribution in [0.2, 0.25) is 0 Å². The quantitative estimate of drug-likeness (QED) is 0.543. The maximum atomic E-state index is 11.8. The van der Waals surface area contributed by atoms with E-state index in [2.05, 4.69) is 21.3 Å². The average Bonchev–Trinajstić information content (AvgIpc) is 2.77. The van der Waals surface area contributed by atoms with Crippen molar-refractivity contribution < 1.29 is 13.2 Å². The third-order valence-corrected chi connectivity index (χ3v) is 3.49. The summed E-state index contributed by atoms with van der Waals surface area (Å²) in [6.45, 7) is 8.39. The number of hydrogen-bond donors (Lipinski definition) is 2. The number of ether oxygens (including phenoxy) is 1. The van der Waals surface area contributed by atoms with Gasteiger partial charge in [0.15, 0.2) is 5.03 Å². The van der Waals surface area contributed by atoms with Gasteiger partial charge in [-0.3, -0.25) is 0 Å². The van der Waals surface area contributed by atoms with Crippen molar-refractivity contribution in [1.82, 2.24) is 14.7 Å². The summed E-state index contributed by atoms with van der Waals surface area (Å²) in [6, 6.07) is 0. The number of rotatable bonds is 8. The minimum atomic E-state index is -3.52. The molecule has 1 rings (SSSR count). The fourth-order valence-corrected chi connectivity index (χ4v) is 2.18. The fourth-order valence-electron chi connectivity index (χ4n) is 1.23. The first-order valence-electron chi connectivity index (χ1n) is 5.71. The van der Waals surface area contributed by atoms with Gasteiger partial charge in [0.1, 0.15) is 5.82 Å². The van der Waals surface area contributed by atoms with Crippen LogP contribution in [0.5, 0.6) is 0 Å². The van der Waals surface area contributed by atoms with E-state index in [1.807, 2.05) is 13.8 Å². The Balaban J connectivity index is 2.42. The summed E-state index contributed by atoms with van der Waals surface area (Å²) >= 11 is 0. The van der Waals surface area contributed by atoms with Crippen molar-refractivity contribution in [2.24, 2.45) is 0 Å². The van der Waals surface area contributed by atoms with E-state index < -0.39 is 10.0 Å². The molecule has 0 unspecified atom stereocenters. The molecule has 0 spiro atoms. The van der Waals surface area contributed by atoms with Crippen LogP contribution in [0.4, 0.5) is 0 Å². The molecule has 0 fully saturated rings. The average molecular weight is 273 g/mol. The molecule has 1 aromatic rings. The molecule has 0 aliphatic heterocycles. The molecule has 2 N–H and O–H groups in total. The van der Waals surface area contributed by atoms with Gasteiger partial charge in [0.2, 0.25) is 0 Å². The maximum absolute atomic E-state index is 11.8. The lowest BCUT2D eigenvalue weighted by molar-refractivity contribution is 0.162. The molecule has 0 saturated heterocycles. The normalized spacial score (nSPS) is 11.7. The molecule has 1 heterocycles. The van der Waals surface area contributed by atoms with Crippen molar-refractivity contribution in [2.75, 3.05) is 19.8 Å². The number of nitrogens with zero attached hydrogens (tertiary/aromatic N) is 1. The third kappa shape index (κ3) is 4.59. The highest BCUT2D eigenvalue weighted by molar-refractivity contribution is 7.89. The summed E-state index contributed by atoms with van der Waals surface area (Å²) in [5, 5.41) is 0.0826. The molecule has 0 atom stereocenters. The summed E-state index contributed by atoms with van der Waals surface area (Å²) in [5.41, 5.74) is 0.902. The second-order valence-corrected chi connectivity index (χ2v) is 5.69. The van der Waals surface area contributed by atoms with Crippen molar-refractivity contribution in [1.29, 1.82) is 0 Å². The number of H-pyrrole nitrogens is 1. The molecular formula is C11H19N3O3S. The van der Waals surface area contributed by atoms with Crippen LogP contribution in [0.25, 0.3) is 0 Å². The van der Waals surface area contributed by atoms with Crippen LogP contribution in [-0.4, -0.2) is 38.1 Å². The van der Waals surface area contributed by atoms with Gasteiger partial charge in [-0.25, -0.2) is 18.1 Å². The van der Waals surface area contributed by atoms with Crippen molar-refractivity contribution in [3.05, 3.63) is 24.2 Å². The molecule has 0 aliphatic rings. The predicted molar refractivity (Wildman–Crippen MR) is 68.8 cm³/mol. The molecule has 6 nitrogen and oxygen atoms in total. The highest BCUT2D eigenvalue weighted by Gasteiger charge is 2.15. The first-order valence-corrected chi connectivity index (χ1v) is 7.19. The van der Waals surface area contributed by atoms with Gasteiger partial charge in [-0.05, 0) is 6.92 Å². The van der Waals surface area contributed by atoms with E-state index in [4.69, 9.17) is 4.74 Å². The van der Waals surface area contributed by atoms with E-state index in [-0.39, 0.29) is 11.6 Å². The van der Waals surface area contributed by atoms with Gasteiger partial charge < -0.3 is 9.72 Å². The van der Waals surface area contributed by atoms with E-state index in [1.54, 1.807) is 0 Å². The maximum Gasteiger partial charge on any atom is 0.257 e. The van der Waals surface area contributed by atoms with Crippen LogP contribution in [0.1, 0.15) is 19.7 Å². The molecular weight excluding hydrogens is 254 g/mol. The number of aryl methyl sites for hydroxylation is 1. The number of sulfonamides is 1. The minimum Gasteiger partial charge on any atom is -0.376 e. The number of hydrogen-bond acceptors (Lipinski definition) is 4. The zero-order valence-corrected chi connectivity index (χ0v) is 11.5. The number of imidazole rings is 1. The van der Waals surface area contributed by atoms with E-state index in [0.29, 0.717) is 25.5 Å². The van der Waals surface area contributed by atoms with Gasteiger partial charge in [-0.2, -0.15) is 0 Å². The molecule has 0 amide bonds. The number of nitrogens with one attached hydrogen (secondary N) is 2. The Hall–Kier alpha value is -1.18. The second kappa shape index (κ2) is 6.67. The Labute approximate surface area is 108 Å². The SMILES string of the molecule is C=C(C)COCCNS(=O)(=O)c1cnc(CC)[nH]1. The van der Waals surface area contributed by atoms with Crippen molar-refractivity contribution in [2.45, 2.75) is 25.3 Å². The van der Waals surface area contributed by atoms with Crippen molar-refractivity contribution in [3.63, 3.8) is 0 Å². The van der Waals surface area contributed by atoms with E-state index in [0.717, 1.165) is 5.57 Å². The van der Waals surface area contributed by atoms with Gasteiger partial charge >= 0.3 is 0 Å². The lowest BCUT2D eigenvalue weighted by atomic mass is 10.4. The zero-order valence-electron chi connectivity index (χ0n) is 10.7. The van der Waals surface area contributed by atoms with Gasteiger partial charge in [-0.15, -0.1) is 0 Å². The summed E-state index contributed by atoms with van der Waals surface area (Å²) < 4.78 is 31.2. The first kappa shape index (κ1) is 14.9. The van der Waals surface area contributed by atoms with E-state index in [1.165, 1.54) is 6.20 Å². The van der Waals surface area contributed by atoms with Crippen LogP contribution in [0.15, 0.2) is 23.4 Å². The Bertz CT molecular complexity index is 493. The van der Waals surface area contributed by atoms with Gasteiger partial charge in [-0.1, -0.05) is 19.1 Å². The summed E-state index contributed by atoms with van der Waals surface area (Å²) in [4.78, 5) is 6.70.